The fourth-order valence-corrected chi connectivity index (χ4v) is 2.14. The van der Waals surface area contributed by atoms with Crippen molar-refractivity contribution in [2.24, 2.45) is 0 Å². The Bertz CT molecular complexity index is 834. The lowest BCUT2D eigenvalue weighted by molar-refractivity contribution is -0.385. The minimum Gasteiger partial charge on any atom is -0.395 e. The van der Waals surface area contributed by atoms with Gasteiger partial charge < -0.3 is 15.7 Å². The molecule has 0 unspecified atom stereocenters. The van der Waals surface area contributed by atoms with E-state index in [1.807, 2.05) is 0 Å². The Hall–Kier alpha value is -3.52. The lowest BCUT2D eigenvalue weighted by atomic mass is 10.1. The van der Waals surface area contributed by atoms with Gasteiger partial charge in [0.05, 0.1) is 17.1 Å². The number of nitro groups is 1. The maximum absolute atomic E-state index is 12.3. The summed E-state index contributed by atoms with van der Waals surface area (Å²) in [7, 11) is 0. The second kappa shape index (κ2) is 9.09. The minimum absolute atomic E-state index is 0.0196. The van der Waals surface area contributed by atoms with E-state index in [0.717, 1.165) is 0 Å². The molecule has 0 fully saturated rings. The molecule has 2 aromatic rings. The Morgan fingerprint density at radius 2 is 1.73 bits per heavy atom. The summed E-state index contributed by atoms with van der Waals surface area (Å²) >= 11 is 0. The van der Waals surface area contributed by atoms with Gasteiger partial charge in [-0.3, -0.25) is 19.7 Å². The molecule has 8 heteroatoms. The van der Waals surface area contributed by atoms with Gasteiger partial charge in [-0.05, 0) is 24.3 Å². The summed E-state index contributed by atoms with van der Waals surface area (Å²) in [6, 6.07) is 14.1. The molecule has 134 valence electrons. The van der Waals surface area contributed by atoms with Gasteiger partial charge in [-0.15, -0.1) is 0 Å². The van der Waals surface area contributed by atoms with Crippen LogP contribution in [0.5, 0.6) is 0 Å². The number of aliphatic hydroxyl groups excluding tert-OH is 1. The molecule has 0 aliphatic rings. The van der Waals surface area contributed by atoms with Crippen LogP contribution in [0.1, 0.15) is 15.9 Å². The Kier molecular flexibility index (Phi) is 6.58. The predicted octanol–water partition coefficient (Wildman–Crippen LogP) is 1.47. The molecule has 3 N–H and O–H groups in total. The SMILES string of the molecule is O=C(NCCO)/C(=C/c1ccccc1[N+](=O)[O-])NC(=O)c1ccccc1. The summed E-state index contributed by atoms with van der Waals surface area (Å²) in [5.74, 6) is -1.20. The maximum Gasteiger partial charge on any atom is 0.276 e. The third kappa shape index (κ3) is 4.99. The lowest BCUT2D eigenvalue weighted by Crippen LogP contribution is -2.36. The lowest BCUT2D eigenvalue weighted by Gasteiger charge is -2.10. The van der Waals surface area contributed by atoms with Crippen molar-refractivity contribution in [3.8, 4) is 0 Å². The Balaban J connectivity index is 2.36. The average molecular weight is 355 g/mol. The number of nitro benzene ring substituents is 1. The number of hydrogen-bond acceptors (Lipinski definition) is 5. The van der Waals surface area contributed by atoms with Crippen molar-refractivity contribution in [2.45, 2.75) is 0 Å². The van der Waals surface area contributed by atoms with Crippen molar-refractivity contribution in [3.63, 3.8) is 0 Å². The van der Waals surface area contributed by atoms with Crippen LogP contribution in [-0.2, 0) is 4.79 Å². The van der Waals surface area contributed by atoms with Gasteiger partial charge in [0.2, 0.25) is 0 Å². The summed E-state index contributed by atoms with van der Waals surface area (Å²) in [5, 5.41) is 24.9. The number of amides is 2. The highest BCUT2D eigenvalue weighted by atomic mass is 16.6. The van der Waals surface area contributed by atoms with Crippen LogP contribution in [0, 0.1) is 10.1 Å². The van der Waals surface area contributed by atoms with Crippen LogP contribution >= 0.6 is 0 Å². The zero-order valence-electron chi connectivity index (χ0n) is 13.7. The molecule has 8 nitrogen and oxygen atoms in total. The van der Waals surface area contributed by atoms with Gasteiger partial charge in [0.25, 0.3) is 17.5 Å². The minimum atomic E-state index is -0.665. The van der Waals surface area contributed by atoms with Crippen LogP contribution in [0.2, 0.25) is 0 Å². The summed E-state index contributed by atoms with van der Waals surface area (Å²) in [6.45, 7) is -0.300. The van der Waals surface area contributed by atoms with Gasteiger partial charge in [0, 0.05) is 18.2 Å². The van der Waals surface area contributed by atoms with Gasteiger partial charge in [-0.2, -0.15) is 0 Å². The topological polar surface area (TPSA) is 122 Å². The third-order valence-electron chi connectivity index (χ3n) is 3.36. The monoisotopic (exact) mass is 355 g/mol. The number of carbonyl (C=O) groups is 2. The van der Waals surface area contributed by atoms with Crippen molar-refractivity contribution in [1.82, 2.24) is 10.6 Å². The highest BCUT2D eigenvalue weighted by molar-refractivity contribution is 6.05. The second-order valence-electron chi connectivity index (χ2n) is 5.17. The molecule has 0 spiro atoms. The van der Waals surface area contributed by atoms with Crippen molar-refractivity contribution < 1.29 is 19.6 Å². The molecule has 0 saturated heterocycles. The number of nitrogens with one attached hydrogen (secondary N) is 2. The zero-order chi connectivity index (χ0) is 18.9. The molecule has 2 amide bonds. The number of hydrogen-bond donors (Lipinski definition) is 3. The molecule has 0 atom stereocenters. The highest BCUT2D eigenvalue weighted by Crippen LogP contribution is 2.20. The van der Waals surface area contributed by atoms with E-state index in [2.05, 4.69) is 10.6 Å². The van der Waals surface area contributed by atoms with Crippen molar-refractivity contribution in [3.05, 3.63) is 81.5 Å². The molecular formula is C18H17N3O5. The van der Waals surface area contributed by atoms with E-state index in [-0.39, 0.29) is 30.1 Å². The van der Waals surface area contributed by atoms with Gasteiger partial charge in [0.1, 0.15) is 5.70 Å². The van der Waals surface area contributed by atoms with Crippen LogP contribution in [0.25, 0.3) is 6.08 Å². The number of benzene rings is 2. The van der Waals surface area contributed by atoms with E-state index in [1.165, 1.54) is 24.3 Å². The van der Waals surface area contributed by atoms with Crippen molar-refractivity contribution in [2.75, 3.05) is 13.2 Å². The van der Waals surface area contributed by atoms with E-state index < -0.39 is 16.7 Å². The standard InChI is InChI=1S/C18H17N3O5/c22-11-10-19-18(24)15(20-17(23)13-6-2-1-3-7-13)12-14-8-4-5-9-16(14)21(25)26/h1-9,12,22H,10-11H2,(H,19,24)(H,20,23)/b15-12-. The highest BCUT2D eigenvalue weighted by Gasteiger charge is 2.17. The molecule has 2 rings (SSSR count). The predicted molar refractivity (Wildman–Crippen MR) is 95.1 cm³/mol. The fraction of sp³-hybridized carbons (Fsp3) is 0.111. The average Bonchev–Trinajstić information content (AvgIpc) is 2.66. The molecule has 0 aromatic heterocycles. The number of carbonyl (C=O) groups excluding carboxylic acids is 2. The first-order chi connectivity index (χ1) is 12.5. The van der Waals surface area contributed by atoms with E-state index in [1.54, 1.807) is 36.4 Å². The van der Waals surface area contributed by atoms with E-state index >= 15 is 0 Å². The van der Waals surface area contributed by atoms with Gasteiger partial charge in [0.15, 0.2) is 0 Å². The van der Waals surface area contributed by atoms with Crippen LogP contribution < -0.4 is 10.6 Å². The Morgan fingerprint density at radius 3 is 2.38 bits per heavy atom. The smallest absolute Gasteiger partial charge is 0.276 e. The first-order valence-electron chi connectivity index (χ1n) is 7.73. The van der Waals surface area contributed by atoms with Gasteiger partial charge in [-0.1, -0.05) is 30.3 Å². The molecule has 0 heterocycles. The van der Waals surface area contributed by atoms with E-state index in [9.17, 15) is 19.7 Å². The molecular weight excluding hydrogens is 338 g/mol. The fourth-order valence-electron chi connectivity index (χ4n) is 2.14. The first-order valence-corrected chi connectivity index (χ1v) is 7.73. The zero-order valence-corrected chi connectivity index (χ0v) is 13.7. The third-order valence-corrected chi connectivity index (χ3v) is 3.36. The molecule has 2 aromatic carbocycles. The largest absolute Gasteiger partial charge is 0.395 e. The molecule has 0 aliphatic heterocycles. The Morgan fingerprint density at radius 1 is 1.08 bits per heavy atom. The quantitative estimate of drug-likeness (QED) is 0.394. The summed E-state index contributed by atoms with van der Waals surface area (Å²) in [6.07, 6.45) is 1.23. The van der Waals surface area contributed by atoms with Gasteiger partial charge >= 0.3 is 0 Å². The molecule has 0 saturated carbocycles. The van der Waals surface area contributed by atoms with Crippen LogP contribution in [0.4, 0.5) is 5.69 Å². The van der Waals surface area contributed by atoms with Crippen LogP contribution in [0.3, 0.4) is 0 Å². The number of rotatable bonds is 7. The summed E-state index contributed by atoms with van der Waals surface area (Å²) in [5.41, 5.74) is 0.131. The van der Waals surface area contributed by atoms with E-state index in [0.29, 0.717) is 5.56 Å². The number of nitrogens with zero attached hydrogens (tertiary/aromatic N) is 1. The molecule has 0 radical (unpaired) electrons. The van der Waals surface area contributed by atoms with Crippen molar-refractivity contribution in [1.29, 1.82) is 0 Å². The summed E-state index contributed by atoms with van der Waals surface area (Å²) < 4.78 is 0. The second-order valence-corrected chi connectivity index (χ2v) is 5.17. The Labute approximate surface area is 149 Å². The maximum atomic E-state index is 12.3. The normalized spacial score (nSPS) is 10.9. The number of para-hydroxylation sites is 1. The summed E-state index contributed by atoms with van der Waals surface area (Å²) in [4.78, 5) is 35.2. The number of aliphatic hydroxyl groups is 1. The first kappa shape index (κ1) is 18.8. The van der Waals surface area contributed by atoms with Crippen molar-refractivity contribution >= 4 is 23.6 Å². The molecule has 0 bridgehead atoms. The van der Waals surface area contributed by atoms with Crippen LogP contribution in [0.15, 0.2) is 60.3 Å². The van der Waals surface area contributed by atoms with E-state index in [4.69, 9.17) is 5.11 Å². The van der Waals surface area contributed by atoms with Crippen LogP contribution in [-0.4, -0.2) is 35.0 Å². The molecule has 26 heavy (non-hydrogen) atoms. The molecule has 0 aliphatic carbocycles. The van der Waals surface area contributed by atoms with Gasteiger partial charge in [-0.25, -0.2) is 0 Å².